The quantitative estimate of drug-likeness (QED) is 0.877. The van der Waals surface area contributed by atoms with Gasteiger partial charge in [0.15, 0.2) is 0 Å². The number of carbonyl (C=O) groups is 1. The second-order valence-corrected chi connectivity index (χ2v) is 4.38. The smallest absolute Gasteiger partial charge is 0.242 e. The molecule has 0 spiro atoms. The molecule has 2 rings (SSSR count). The molecule has 1 aliphatic rings. The first-order chi connectivity index (χ1) is 9.29. The van der Waals surface area contributed by atoms with E-state index in [9.17, 15) is 4.79 Å². The third-order valence-corrected chi connectivity index (χ3v) is 3.04. The van der Waals surface area contributed by atoms with Crippen molar-refractivity contribution in [1.82, 2.24) is 4.90 Å². The predicted molar refractivity (Wildman–Crippen MR) is 71.6 cm³/mol. The Kier molecular flexibility index (Phi) is 4.76. The average molecular weight is 259 g/mol. The van der Waals surface area contributed by atoms with Crippen LogP contribution in [0.5, 0.6) is 0 Å². The van der Waals surface area contributed by atoms with E-state index in [-0.39, 0.29) is 12.5 Å². The number of nitrogens with one attached hydrogen (secondary N) is 1. The highest BCUT2D eigenvalue weighted by Gasteiger charge is 2.15. The molecule has 0 radical (unpaired) electrons. The van der Waals surface area contributed by atoms with Gasteiger partial charge in [-0.1, -0.05) is 12.1 Å². The Labute approximate surface area is 112 Å². The topological polar surface area (TPSA) is 65.4 Å². The maximum absolute atomic E-state index is 11.9. The van der Waals surface area contributed by atoms with Gasteiger partial charge in [0.2, 0.25) is 5.91 Å². The number of anilines is 1. The second kappa shape index (κ2) is 6.76. The Morgan fingerprint density at radius 3 is 2.63 bits per heavy atom. The number of hydrogen-bond donors (Lipinski definition) is 1. The molecule has 1 N–H and O–H groups in total. The highest BCUT2D eigenvalue weighted by atomic mass is 16.5. The van der Waals surface area contributed by atoms with Crippen molar-refractivity contribution in [3.05, 3.63) is 29.8 Å². The van der Waals surface area contributed by atoms with E-state index < -0.39 is 0 Å². The van der Waals surface area contributed by atoms with Crippen molar-refractivity contribution in [3.8, 4) is 6.07 Å². The van der Waals surface area contributed by atoms with Crippen LogP contribution in [-0.2, 0) is 16.0 Å². The first-order valence-electron chi connectivity index (χ1n) is 6.35. The summed E-state index contributed by atoms with van der Waals surface area (Å²) in [6.07, 6.45) is 0.410. The molecule has 19 heavy (non-hydrogen) atoms. The molecule has 0 unspecified atom stereocenters. The van der Waals surface area contributed by atoms with Crippen LogP contribution in [0.25, 0.3) is 0 Å². The van der Waals surface area contributed by atoms with Crippen LogP contribution in [0.3, 0.4) is 0 Å². The molecule has 1 aromatic carbocycles. The molecule has 0 saturated carbocycles. The predicted octanol–water partition coefficient (Wildman–Crippen LogP) is 1.02. The van der Waals surface area contributed by atoms with Gasteiger partial charge >= 0.3 is 0 Å². The molecule has 0 aromatic heterocycles. The van der Waals surface area contributed by atoms with E-state index in [1.807, 2.05) is 24.3 Å². The first-order valence-corrected chi connectivity index (χ1v) is 6.35. The van der Waals surface area contributed by atoms with Gasteiger partial charge in [-0.05, 0) is 17.7 Å². The summed E-state index contributed by atoms with van der Waals surface area (Å²) < 4.78 is 5.21. The van der Waals surface area contributed by atoms with Crippen molar-refractivity contribution in [3.63, 3.8) is 0 Å². The minimum Gasteiger partial charge on any atom is -0.378 e. The van der Waals surface area contributed by atoms with Crippen LogP contribution in [0.4, 0.5) is 5.69 Å². The average Bonchev–Trinajstić information content (AvgIpc) is 2.47. The molecule has 0 aliphatic carbocycles. The van der Waals surface area contributed by atoms with Crippen LogP contribution in [0.1, 0.15) is 5.56 Å². The van der Waals surface area contributed by atoms with E-state index in [0.717, 1.165) is 11.3 Å². The maximum Gasteiger partial charge on any atom is 0.242 e. The minimum atomic E-state index is 0.0874. The van der Waals surface area contributed by atoms with Crippen LogP contribution < -0.4 is 5.32 Å². The molecule has 5 nitrogen and oxygen atoms in total. The van der Waals surface area contributed by atoms with E-state index in [1.165, 1.54) is 0 Å². The number of nitriles is 1. The van der Waals surface area contributed by atoms with Gasteiger partial charge in [0, 0.05) is 18.8 Å². The number of carbonyl (C=O) groups excluding carboxylic acids is 1. The molecule has 1 amide bonds. The lowest BCUT2D eigenvalue weighted by Crippen LogP contribution is -2.43. The van der Waals surface area contributed by atoms with Crippen molar-refractivity contribution in [2.45, 2.75) is 6.42 Å². The van der Waals surface area contributed by atoms with Crippen molar-refractivity contribution >= 4 is 11.6 Å². The third-order valence-electron chi connectivity index (χ3n) is 3.04. The van der Waals surface area contributed by atoms with Gasteiger partial charge in [0.25, 0.3) is 0 Å². The SMILES string of the molecule is N#CCc1ccc(NCC(=O)N2CCOCC2)cc1. The first kappa shape index (κ1) is 13.4. The molecule has 100 valence electrons. The highest BCUT2D eigenvalue weighted by molar-refractivity contribution is 5.80. The standard InChI is InChI=1S/C14H17N3O2/c15-6-5-12-1-3-13(4-2-12)16-11-14(18)17-7-9-19-10-8-17/h1-4,16H,5,7-11H2. The molecule has 1 heterocycles. The van der Waals surface area contributed by atoms with Crippen LogP contribution >= 0.6 is 0 Å². The van der Waals surface area contributed by atoms with Crippen LogP contribution in [-0.4, -0.2) is 43.7 Å². The summed E-state index contributed by atoms with van der Waals surface area (Å²) in [5.74, 6) is 0.0874. The summed E-state index contributed by atoms with van der Waals surface area (Å²) in [5.41, 5.74) is 1.87. The summed E-state index contributed by atoms with van der Waals surface area (Å²) >= 11 is 0. The van der Waals surface area contributed by atoms with Crippen LogP contribution in [0, 0.1) is 11.3 Å². The molecule has 1 aliphatic heterocycles. The van der Waals surface area contributed by atoms with Gasteiger partial charge in [-0.3, -0.25) is 4.79 Å². The van der Waals surface area contributed by atoms with Crippen LogP contribution in [0.15, 0.2) is 24.3 Å². The Morgan fingerprint density at radius 1 is 1.32 bits per heavy atom. The zero-order valence-electron chi connectivity index (χ0n) is 10.8. The summed E-state index contributed by atoms with van der Waals surface area (Å²) in [6.45, 7) is 2.87. The Bertz CT molecular complexity index is 459. The largest absolute Gasteiger partial charge is 0.378 e. The zero-order valence-corrected chi connectivity index (χ0v) is 10.8. The molecular formula is C14H17N3O2. The second-order valence-electron chi connectivity index (χ2n) is 4.38. The van der Waals surface area contributed by atoms with E-state index in [0.29, 0.717) is 32.7 Å². The zero-order chi connectivity index (χ0) is 13.5. The van der Waals surface area contributed by atoms with E-state index >= 15 is 0 Å². The van der Waals surface area contributed by atoms with Gasteiger partial charge < -0.3 is 15.0 Å². The van der Waals surface area contributed by atoms with Crippen molar-refractivity contribution in [2.75, 3.05) is 38.2 Å². The third kappa shape index (κ3) is 3.97. The Balaban J connectivity index is 1.81. The summed E-state index contributed by atoms with van der Waals surface area (Å²) in [6, 6.07) is 9.67. The van der Waals surface area contributed by atoms with E-state index in [1.54, 1.807) is 4.90 Å². The number of benzene rings is 1. The number of rotatable bonds is 4. The van der Waals surface area contributed by atoms with Crippen molar-refractivity contribution in [1.29, 1.82) is 5.26 Å². The maximum atomic E-state index is 11.9. The van der Waals surface area contributed by atoms with Gasteiger partial charge in [0.1, 0.15) is 0 Å². The van der Waals surface area contributed by atoms with Crippen LogP contribution in [0.2, 0.25) is 0 Å². The summed E-state index contributed by atoms with van der Waals surface area (Å²) in [4.78, 5) is 13.7. The van der Waals surface area contributed by atoms with Crippen molar-refractivity contribution < 1.29 is 9.53 Å². The van der Waals surface area contributed by atoms with Gasteiger partial charge in [-0.15, -0.1) is 0 Å². The monoisotopic (exact) mass is 259 g/mol. The molecular weight excluding hydrogens is 242 g/mol. The number of amides is 1. The lowest BCUT2D eigenvalue weighted by Gasteiger charge is -2.27. The fraction of sp³-hybridized carbons (Fsp3) is 0.429. The lowest BCUT2D eigenvalue weighted by atomic mass is 10.1. The Hall–Kier alpha value is -2.06. The van der Waals surface area contributed by atoms with Gasteiger partial charge in [-0.2, -0.15) is 5.26 Å². The van der Waals surface area contributed by atoms with E-state index in [4.69, 9.17) is 10.00 Å². The fourth-order valence-electron chi connectivity index (χ4n) is 1.93. The molecule has 1 saturated heterocycles. The summed E-state index contributed by atoms with van der Waals surface area (Å²) in [7, 11) is 0. The number of nitrogens with zero attached hydrogens (tertiary/aromatic N) is 2. The molecule has 5 heteroatoms. The summed E-state index contributed by atoms with van der Waals surface area (Å²) in [5, 5.41) is 11.7. The highest BCUT2D eigenvalue weighted by Crippen LogP contribution is 2.10. The van der Waals surface area contributed by atoms with Gasteiger partial charge in [0.05, 0.1) is 32.2 Å². The minimum absolute atomic E-state index is 0.0874. The number of hydrogen-bond acceptors (Lipinski definition) is 4. The molecule has 1 fully saturated rings. The molecule has 0 bridgehead atoms. The molecule has 1 aromatic rings. The van der Waals surface area contributed by atoms with Gasteiger partial charge in [-0.25, -0.2) is 0 Å². The van der Waals surface area contributed by atoms with E-state index in [2.05, 4.69) is 11.4 Å². The number of ether oxygens (including phenoxy) is 1. The Morgan fingerprint density at radius 2 is 2.00 bits per heavy atom. The number of morpholine rings is 1. The lowest BCUT2D eigenvalue weighted by molar-refractivity contribution is -0.133. The van der Waals surface area contributed by atoms with Crippen molar-refractivity contribution in [2.24, 2.45) is 0 Å². The molecule has 0 atom stereocenters. The normalized spacial score (nSPS) is 14.8. The fourth-order valence-corrected chi connectivity index (χ4v) is 1.93.